The second-order valence-corrected chi connectivity index (χ2v) is 5.35. The van der Waals surface area contributed by atoms with Crippen LogP contribution in [-0.2, 0) is 9.53 Å². The van der Waals surface area contributed by atoms with Crippen LogP contribution in [0.1, 0.15) is 38.7 Å². The number of rotatable bonds is 4. The van der Waals surface area contributed by atoms with E-state index in [2.05, 4.69) is 0 Å². The third-order valence-corrected chi connectivity index (χ3v) is 3.80. The lowest BCUT2D eigenvalue weighted by atomic mass is 9.84. The Morgan fingerprint density at radius 1 is 1.38 bits per heavy atom. The van der Waals surface area contributed by atoms with Crippen LogP contribution in [0, 0.1) is 0 Å². The minimum absolute atomic E-state index is 0.239. The Labute approximate surface area is 124 Å². The number of carbonyl (C=O) groups excluding carboxylic acids is 1. The van der Waals surface area contributed by atoms with Gasteiger partial charge in [-0.1, -0.05) is 13.0 Å². The highest BCUT2D eigenvalue weighted by Gasteiger charge is 2.39. The number of benzene rings is 1. The van der Waals surface area contributed by atoms with Crippen LogP contribution < -0.4 is 9.47 Å². The molecule has 0 aromatic heterocycles. The molecular weight excluding hydrogens is 272 g/mol. The molecule has 1 aromatic carbocycles. The minimum Gasteiger partial charge on any atom is -0.490 e. The molecule has 0 saturated heterocycles. The summed E-state index contributed by atoms with van der Waals surface area (Å²) >= 11 is 0. The minimum atomic E-state index is -1.59. The van der Waals surface area contributed by atoms with Gasteiger partial charge >= 0.3 is 5.97 Å². The highest BCUT2D eigenvalue weighted by atomic mass is 16.5. The molecule has 0 amide bonds. The third kappa shape index (κ3) is 3.29. The Balaban J connectivity index is 2.25. The molecule has 2 rings (SSSR count). The summed E-state index contributed by atoms with van der Waals surface area (Å²) in [4.78, 5) is 11.9. The quantitative estimate of drug-likeness (QED) is 0.863. The van der Waals surface area contributed by atoms with Crippen molar-refractivity contribution in [1.29, 1.82) is 0 Å². The van der Waals surface area contributed by atoms with E-state index in [9.17, 15) is 9.90 Å². The van der Waals surface area contributed by atoms with E-state index >= 15 is 0 Å². The van der Waals surface area contributed by atoms with E-state index in [1.54, 1.807) is 13.8 Å². The van der Waals surface area contributed by atoms with Gasteiger partial charge in [0.05, 0.1) is 19.8 Å². The van der Waals surface area contributed by atoms with E-state index in [1.165, 1.54) is 6.92 Å². The number of fused-ring (bicyclic) bond motifs is 1. The molecular formula is C16H22O5. The van der Waals surface area contributed by atoms with Gasteiger partial charge in [-0.2, -0.15) is 0 Å². The predicted octanol–water partition coefficient (Wildman–Crippen LogP) is 2.27. The molecule has 1 N–H and O–H groups in total. The summed E-state index contributed by atoms with van der Waals surface area (Å²) in [5.41, 5.74) is -0.784. The maximum absolute atomic E-state index is 11.9. The van der Waals surface area contributed by atoms with Gasteiger partial charge in [0.2, 0.25) is 0 Å². The summed E-state index contributed by atoms with van der Waals surface area (Å²) in [6.07, 6.45) is 0.833. The Morgan fingerprint density at radius 3 is 2.71 bits per heavy atom. The fraction of sp³-hybridized carbons (Fsp3) is 0.562. The fourth-order valence-corrected chi connectivity index (χ4v) is 2.23. The maximum atomic E-state index is 11.9. The van der Waals surface area contributed by atoms with Gasteiger partial charge in [0.25, 0.3) is 0 Å². The van der Waals surface area contributed by atoms with Gasteiger partial charge in [-0.15, -0.1) is 0 Å². The highest BCUT2D eigenvalue weighted by Crippen LogP contribution is 2.36. The molecule has 116 valence electrons. The van der Waals surface area contributed by atoms with Crippen LogP contribution in [0.25, 0.3) is 0 Å². The molecule has 1 aliphatic heterocycles. The van der Waals surface area contributed by atoms with Crippen LogP contribution in [0.3, 0.4) is 0 Å². The van der Waals surface area contributed by atoms with E-state index in [-0.39, 0.29) is 6.61 Å². The first-order valence-electron chi connectivity index (χ1n) is 7.26. The first kappa shape index (κ1) is 15.6. The molecule has 0 bridgehead atoms. The van der Waals surface area contributed by atoms with Gasteiger partial charge in [0, 0.05) is 12.3 Å². The van der Waals surface area contributed by atoms with Gasteiger partial charge in [-0.05, 0) is 31.5 Å². The number of aliphatic hydroxyl groups is 1. The van der Waals surface area contributed by atoms with Crippen molar-refractivity contribution in [2.75, 3.05) is 19.8 Å². The van der Waals surface area contributed by atoms with Crippen LogP contribution in [0.5, 0.6) is 11.5 Å². The Kier molecular flexibility index (Phi) is 4.73. The van der Waals surface area contributed by atoms with Crippen molar-refractivity contribution in [3.8, 4) is 11.5 Å². The van der Waals surface area contributed by atoms with Crippen LogP contribution in [0.4, 0.5) is 0 Å². The van der Waals surface area contributed by atoms with Crippen molar-refractivity contribution in [2.24, 2.45) is 0 Å². The van der Waals surface area contributed by atoms with E-state index in [0.717, 1.165) is 12.0 Å². The first-order chi connectivity index (χ1) is 9.96. The van der Waals surface area contributed by atoms with E-state index in [0.29, 0.717) is 24.7 Å². The van der Waals surface area contributed by atoms with Gasteiger partial charge in [-0.25, -0.2) is 4.79 Å². The maximum Gasteiger partial charge on any atom is 0.338 e. The SMILES string of the molecule is CCOC(=O)C(C)(O)C(C)c1ccc2c(c1)OCCCO2. The average molecular weight is 294 g/mol. The largest absolute Gasteiger partial charge is 0.490 e. The predicted molar refractivity (Wildman–Crippen MR) is 77.7 cm³/mol. The molecule has 0 saturated carbocycles. The second kappa shape index (κ2) is 6.35. The second-order valence-electron chi connectivity index (χ2n) is 5.35. The van der Waals surface area contributed by atoms with Gasteiger partial charge in [0.1, 0.15) is 0 Å². The molecule has 2 unspecified atom stereocenters. The summed E-state index contributed by atoms with van der Waals surface area (Å²) in [6, 6.07) is 5.47. The molecule has 2 atom stereocenters. The summed E-state index contributed by atoms with van der Waals surface area (Å²) in [5.74, 6) is 0.300. The van der Waals surface area contributed by atoms with E-state index in [4.69, 9.17) is 14.2 Å². The van der Waals surface area contributed by atoms with Crippen molar-refractivity contribution in [2.45, 2.75) is 38.7 Å². The van der Waals surface area contributed by atoms with Crippen LogP contribution >= 0.6 is 0 Å². The van der Waals surface area contributed by atoms with Crippen molar-refractivity contribution in [1.82, 2.24) is 0 Å². The van der Waals surface area contributed by atoms with Crippen LogP contribution in [0.2, 0.25) is 0 Å². The molecule has 0 aliphatic carbocycles. The molecule has 1 aromatic rings. The third-order valence-electron chi connectivity index (χ3n) is 3.80. The van der Waals surface area contributed by atoms with Crippen molar-refractivity contribution < 1.29 is 24.1 Å². The van der Waals surface area contributed by atoms with Crippen molar-refractivity contribution in [3.63, 3.8) is 0 Å². The average Bonchev–Trinajstić information content (AvgIpc) is 2.71. The van der Waals surface area contributed by atoms with Crippen LogP contribution in [-0.4, -0.2) is 36.5 Å². The monoisotopic (exact) mass is 294 g/mol. The van der Waals surface area contributed by atoms with Crippen molar-refractivity contribution in [3.05, 3.63) is 23.8 Å². The standard InChI is InChI=1S/C16H22O5/c1-4-19-15(17)16(3,18)11(2)12-6-7-13-14(10-12)21-9-5-8-20-13/h6-7,10-11,18H,4-5,8-9H2,1-3H3. The van der Waals surface area contributed by atoms with Gasteiger partial charge in [-0.3, -0.25) is 0 Å². The van der Waals surface area contributed by atoms with Crippen LogP contribution in [0.15, 0.2) is 18.2 Å². The molecule has 1 aliphatic rings. The number of ether oxygens (including phenoxy) is 3. The molecule has 5 nitrogen and oxygen atoms in total. The summed E-state index contributed by atoms with van der Waals surface area (Å²) in [7, 11) is 0. The lowest BCUT2D eigenvalue weighted by molar-refractivity contribution is -0.165. The van der Waals surface area contributed by atoms with Gasteiger partial charge < -0.3 is 19.3 Å². The molecule has 0 spiro atoms. The smallest absolute Gasteiger partial charge is 0.338 e. The Hall–Kier alpha value is -1.75. The zero-order chi connectivity index (χ0) is 15.5. The lowest BCUT2D eigenvalue weighted by Crippen LogP contribution is -2.41. The first-order valence-corrected chi connectivity index (χ1v) is 7.26. The molecule has 21 heavy (non-hydrogen) atoms. The molecule has 0 radical (unpaired) electrons. The molecule has 1 heterocycles. The zero-order valence-electron chi connectivity index (χ0n) is 12.7. The lowest BCUT2D eigenvalue weighted by Gasteiger charge is -2.28. The summed E-state index contributed by atoms with van der Waals surface area (Å²) < 4.78 is 16.1. The normalized spacial score (nSPS) is 18.3. The summed E-state index contributed by atoms with van der Waals surface area (Å²) in [6.45, 7) is 6.44. The molecule has 5 heteroatoms. The van der Waals surface area contributed by atoms with Gasteiger partial charge in [0.15, 0.2) is 17.1 Å². The van der Waals surface area contributed by atoms with E-state index < -0.39 is 17.5 Å². The molecule has 0 fully saturated rings. The number of carbonyl (C=O) groups is 1. The van der Waals surface area contributed by atoms with Crippen molar-refractivity contribution >= 4 is 5.97 Å². The Morgan fingerprint density at radius 2 is 2.05 bits per heavy atom. The van der Waals surface area contributed by atoms with E-state index in [1.807, 2.05) is 18.2 Å². The fourth-order valence-electron chi connectivity index (χ4n) is 2.23. The number of hydrogen-bond acceptors (Lipinski definition) is 5. The zero-order valence-corrected chi connectivity index (χ0v) is 12.7. The summed E-state index contributed by atoms with van der Waals surface area (Å²) in [5, 5.41) is 10.4. The number of hydrogen-bond donors (Lipinski definition) is 1. The topological polar surface area (TPSA) is 65.0 Å². The Bertz CT molecular complexity index is 509. The number of esters is 1. The highest BCUT2D eigenvalue weighted by molar-refractivity contribution is 5.80.